The number of rotatable bonds is 5. The Hall–Kier alpha value is -2.24. The number of hydrogen-bond acceptors (Lipinski definition) is 4. The van der Waals surface area contributed by atoms with Gasteiger partial charge in [-0.05, 0) is 12.1 Å². The van der Waals surface area contributed by atoms with E-state index < -0.39 is 30.1 Å². The fraction of sp³-hybridized carbons (Fsp3) is 0.200. The van der Waals surface area contributed by atoms with Gasteiger partial charge in [-0.3, -0.25) is 19.4 Å². The summed E-state index contributed by atoms with van der Waals surface area (Å²) < 4.78 is 0. The van der Waals surface area contributed by atoms with Crippen molar-refractivity contribution in [3.05, 3.63) is 30.1 Å². The normalized spacial score (nSPS) is 11.8. The zero-order valence-electron chi connectivity index (χ0n) is 8.16. The average molecular weight is 223 g/mol. The van der Waals surface area contributed by atoms with Crippen LogP contribution in [-0.2, 0) is 9.59 Å². The van der Waals surface area contributed by atoms with Crippen molar-refractivity contribution in [2.24, 2.45) is 5.92 Å². The lowest BCUT2D eigenvalue weighted by Crippen LogP contribution is -2.26. The van der Waals surface area contributed by atoms with E-state index in [-0.39, 0.29) is 5.56 Å². The maximum Gasteiger partial charge on any atom is 0.315 e. The zero-order chi connectivity index (χ0) is 12.1. The van der Waals surface area contributed by atoms with E-state index in [2.05, 4.69) is 4.98 Å². The molecule has 1 heterocycles. The Bertz CT molecular complexity index is 414. The van der Waals surface area contributed by atoms with Gasteiger partial charge in [-0.2, -0.15) is 0 Å². The fourth-order valence-corrected chi connectivity index (χ4v) is 1.18. The van der Waals surface area contributed by atoms with Crippen LogP contribution >= 0.6 is 0 Å². The monoisotopic (exact) mass is 223 g/mol. The first-order valence-electron chi connectivity index (χ1n) is 4.41. The van der Waals surface area contributed by atoms with Crippen LogP contribution in [0.15, 0.2) is 24.5 Å². The number of carbonyl (C=O) groups is 3. The molecule has 1 aromatic rings. The second-order valence-electron chi connectivity index (χ2n) is 3.09. The number of nitrogens with zero attached hydrogens (tertiary/aromatic N) is 1. The SMILES string of the molecule is O=C(O)CC(C(=O)O)C(=O)c1cccnc1. The molecule has 0 aliphatic carbocycles. The lowest BCUT2D eigenvalue weighted by atomic mass is 9.96. The maximum atomic E-state index is 11.6. The van der Waals surface area contributed by atoms with Gasteiger partial charge in [0.2, 0.25) is 0 Å². The minimum absolute atomic E-state index is 0.0937. The third kappa shape index (κ3) is 2.88. The Morgan fingerprint density at radius 1 is 1.31 bits per heavy atom. The number of ketones is 1. The summed E-state index contributed by atoms with van der Waals surface area (Å²) in [4.78, 5) is 36.5. The van der Waals surface area contributed by atoms with Crippen molar-refractivity contribution in [1.82, 2.24) is 4.98 Å². The predicted molar refractivity (Wildman–Crippen MR) is 51.9 cm³/mol. The van der Waals surface area contributed by atoms with E-state index in [4.69, 9.17) is 10.2 Å². The molecular formula is C10H9NO5. The molecule has 0 aliphatic rings. The largest absolute Gasteiger partial charge is 0.481 e. The Morgan fingerprint density at radius 3 is 2.44 bits per heavy atom. The molecule has 0 radical (unpaired) electrons. The van der Waals surface area contributed by atoms with Gasteiger partial charge in [0.1, 0.15) is 5.92 Å². The summed E-state index contributed by atoms with van der Waals surface area (Å²) in [6.45, 7) is 0. The molecule has 0 aliphatic heterocycles. The molecular weight excluding hydrogens is 214 g/mol. The van der Waals surface area contributed by atoms with E-state index in [0.29, 0.717) is 0 Å². The molecule has 6 nitrogen and oxygen atoms in total. The van der Waals surface area contributed by atoms with Crippen LogP contribution < -0.4 is 0 Å². The molecule has 6 heteroatoms. The highest BCUT2D eigenvalue weighted by molar-refractivity contribution is 6.09. The number of Topliss-reactive ketones (excluding diaryl/α,β-unsaturated/α-hetero) is 1. The zero-order valence-corrected chi connectivity index (χ0v) is 8.16. The molecule has 16 heavy (non-hydrogen) atoms. The van der Waals surface area contributed by atoms with E-state index in [9.17, 15) is 14.4 Å². The van der Waals surface area contributed by atoms with E-state index >= 15 is 0 Å². The van der Waals surface area contributed by atoms with Gasteiger partial charge in [0.25, 0.3) is 0 Å². The topological polar surface area (TPSA) is 105 Å². The molecule has 1 rings (SSSR count). The molecule has 0 bridgehead atoms. The summed E-state index contributed by atoms with van der Waals surface area (Å²) in [5.41, 5.74) is 0.0937. The summed E-state index contributed by atoms with van der Waals surface area (Å²) in [5, 5.41) is 17.2. The Morgan fingerprint density at radius 2 is 2.00 bits per heavy atom. The first kappa shape index (κ1) is 11.8. The number of pyridine rings is 1. The lowest BCUT2D eigenvalue weighted by Gasteiger charge is -2.07. The minimum Gasteiger partial charge on any atom is -0.481 e. The van der Waals surface area contributed by atoms with E-state index in [1.165, 1.54) is 24.5 Å². The van der Waals surface area contributed by atoms with Crippen molar-refractivity contribution in [2.75, 3.05) is 0 Å². The third-order valence-electron chi connectivity index (χ3n) is 1.94. The summed E-state index contributed by atoms with van der Waals surface area (Å²) in [5.74, 6) is -5.09. The van der Waals surface area contributed by atoms with Gasteiger partial charge in [0.05, 0.1) is 6.42 Å². The minimum atomic E-state index is -1.57. The van der Waals surface area contributed by atoms with Crippen LogP contribution in [-0.4, -0.2) is 32.9 Å². The number of carboxylic acid groups (broad SMARTS) is 2. The number of aliphatic carboxylic acids is 2. The summed E-state index contributed by atoms with van der Waals surface area (Å²) in [7, 11) is 0. The lowest BCUT2D eigenvalue weighted by molar-refractivity contribution is -0.146. The second kappa shape index (κ2) is 5.01. The van der Waals surface area contributed by atoms with Crippen LogP contribution in [0.3, 0.4) is 0 Å². The van der Waals surface area contributed by atoms with Gasteiger partial charge >= 0.3 is 11.9 Å². The van der Waals surface area contributed by atoms with Crippen LogP contribution in [0.25, 0.3) is 0 Å². The van der Waals surface area contributed by atoms with Gasteiger partial charge in [-0.15, -0.1) is 0 Å². The molecule has 0 amide bonds. The molecule has 1 unspecified atom stereocenters. The number of hydrogen-bond donors (Lipinski definition) is 2. The highest BCUT2D eigenvalue weighted by Crippen LogP contribution is 2.12. The van der Waals surface area contributed by atoms with Crippen LogP contribution in [0, 0.1) is 5.92 Å². The Kier molecular flexibility index (Phi) is 3.71. The average Bonchev–Trinajstić information content (AvgIpc) is 2.25. The van der Waals surface area contributed by atoms with E-state index in [0.717, 1.165) is 0 Å². The molecule has 2 N–H and O–H groups in total. The second-order valence-corrected chi connectivity index (χ2v) is 3.09. The van der Waals surface area contributed by atoms with Crippen molar-refractivity contribution in [3.8, 4) is 0 Å². The number of carboxylic acids is 2. The van der Waals surface area contributed by atoms with Crippen LogP contribution in [0.4, 0.5) is 0 Å². The Balaban J connectivity index is 2.92. The van der Waals surface area contributed by atoms with Crippen LogP contribution in [0.2, 0.25) is 0 Å². The standard InChI is InChI=1S/C10H9NO5/c12-8(13)4-7(10(15)16)9(14)6-2-1-3-11-5-6/h1-3,5,7H,4H2,(H,12,13)(H,15,16). The summed E-state index contributed by atoms with van der Waals surface area (Å²) in [6.07, 6.45) is 1.91. The first-order chi connectivity index (χ1) is 7.52. The summed E-state index contributed by atoms with van der Waals surface area (Å²) >= 11 is 0. The van der Waals surface area contributed by atoms with Crippen molar-refractivity contribution >= 4 is 17.7 Å². The fourth-order valence-electron chi connectivity index (χ4n) is 1.18. The highest BCUT2D eigenvalue weighted by atomic mass is 16.4. The predicted octanol–water partition coefficient (Wildman–Crippen LogP) is 0.440. The van der Waals surface area contributed by atoms with Crippen molar-refractivity contribution < 1.29 is 24.6 Å². The van der Waals surface area contributed by atoms with Crippen LogP contribution in [0.5, 0.6) is 0 Å². The van der Waals surface area contributed by atoms with Gasteiger partial charge in [-0.25, -0.2) is 0 Å². The van der Waals surface area contributed by atoms with Crippen molar-refractivity contribution in [3.63, 3.8) is 0 Å². The smallest absolute Gasteiger partial charge is 0.315 e. The van der Waals surface area contributed by atoms with Crippen LogP contribution in [0.1, 0.15) is 16.8 Å². The maximum absolute atomic E-state index is 11.6. The highest BCUT2D eigenvalue weighted by Gasteiger charge is 2.29. The molecule has 1 aromatic heterocycles. The number of carbonyl (C=O) groups excluding carboxylic acids is 1. The van der Waals surface area contributed by atoms with Gasteiger partial charge in [-0.1, -0.05) is 0 Å². The quantitative estimate of drug-likeness (QED) is 0.554. The van der Waals surface area contributed by atoms with E-state index in [1.807, 2.05) is 0 Å². The third-order valence-corrected chi connectivity index (χ3v) is 1.94. The van der Waals surface area contributed by atoms with Crippen molar-refractivity contribution in [1.29, 1.82) is 0 Å². The molecule has 1 atom stereocenters. The first-order valence-corrected chi connectivity index (χ1v) is 4.41. The molecule has 0 saturated heterocycles. The van der Waals surface area contributed by atoms with E-state index in [1.54, 1.807) is 0 Å². The van der Waals surface area contributed by atoms with Crippen molar-refractivity contribution in [2.45, 2.75) is 6.42 Å². The number of aromatic nitrogens is 1. The molecule has 0 spiro atoms. The molecule has 0 saturated carbocycles. The molecule has 0 aromatic carbocycles. The molecule has 0 fully saturated rings. The van der Waals surface area contributed by atoms with Gasteiger partial charge in [0.15, 0.2) is 5.78 Å². The Labute approximate surface area is 90.5 Å². The molecule has 84 valence electrons. The summed E-state index contributed by atoms with van der Waals surface area (Å²) in [6, 6.07) is 2.88. The van der Waals surface area contributed by atoms with Gasteiger partial charge < -0.3 is 10.2 Å². The van der Waals surface area contributed by atoms with Gasteiger partial charge in [0, 0.05) is 18.0 Å².